The van der Waals surface area contributed by atoms with E-state index in [9.17, 15) is 0 Å². The molecule has 0 aliphatic carbocycles. The molecule has 1 aliphatic heterocycles. The van der Waals surface area contributed by atoms with Crippen molar-refractivity contribution in [1.29, 1.82) is 0 Å². The molecule has 0 saturated carbocycles. The normalized spacial score (nSPS) is 22.8. The average molecular weight is 295 g/mol. The van der Waals surface area contributed by atoms with Crippen molar-refractivity contribution in [3.8, 4) is 5.88 Å². The first-order chi connectivity index (χ1) is 10.0. The number of hydrogen-bond acceptors (Lipinski definition) is 4. The molecule has 2 heterocycles. The fourth-order valence-corrected chi connectivity index (χ4v) is 3.15. The highest BCUT2D eigenvalue weighted by Gasteiger charge is 2.33. The number of aromatic nitrogens is 2. The van der Waals surface area contributed by atoms with Crippen LogP contribution in [-0.4, -0.2) is 36.6 Å². The Bertz CT molecular complexity index is 457. The molecule has 0 radical (unpaired) electrons. The van der Waals surface area contributed by atoms with Crippen LogP contribution in [0.3, 0.4) is 0 Å². The highest BCUT2D eigenvalue weighted by atomic mass is 16.5. The SMILES string of the molecule is COc1c(C2OCCCC2CNCC(C)C)c(C)nn1C. The van der Waals surface area contributed by atoms with Gasteiger partial charge in [-0.2, -0.15) is 5.10 Å². The Morgan fingerprint density at radius 3 is 2.90 bits per heavy atom. The summed E-state index contributed by atoms with van der Waals surface area (Å²) in [6.45, 7) is 9.36. The van der Waals surface area contributed by atoms with Crippen LogP contribution in [-0.2, 0) is 11.8 Å². The van der Waals surface area contributed by atoms with Gasteiger partial charge in [-0.3, -0.25) is 0 Å². The minimum Gasteiger partial charge on any atom is -0.481 e. The fourth-order valence-electron chi connectivity index (χ4n) is 3.15. The van der Waals surface area contributed by atoms with E-state index in [4.69, 9.17) is 9.47 Å². The van der Waals surface area contributed by atoms with Crippen LogP contribution in [0.15, 0.2) is 0 Å². The van der Waals surface area contributed by atoms with Crippen molar-refractivity contribution in [2.24, 2.45) is 18.9 Å². The lowest BCUT2D eigenvalue weighted by molar-refractivity contribution is -0.0294. The van der Waals surface area contributed by atoms with Gasteiger partial charge in [-0.05, 0) is 32.2 Å². The lowest BCUT2D eigenvalue weighted by atomic mass is 9.89. The zero-order chi connectivity index (χ0) is 15.4. The molecule has 2 unspecified atom stereocenters. The largest absolute Gasteiger partial charge is 0.481 e. The summed E-state index contributed by atoms with van der Waals surface area (Å²) >= 11 is 0. The number of nitrogens with zero attached hydrogens (tertiary/aromatic N) is 2. The van der Waals surface area contributed by atoms with Gasteiger partial charge in [0, 0.05) is 26.1 Å². The molecule has 5 heteroatoms. The van der Waals surface area contributed by atoms with Gasteiger partial charge in [0.25, 0.3) is 0 Å². The highest BCUT2D eigenvalue weighted by Crippen LogP contribution is 2.39. The summed E-state index contributed by atoms with van der Waals surface area (Å²) in [5, 5.41) is 8.06. The molecule has 1 saturated heterocycles. The molecule has 0 spiro atoms. The van der Waals surface area contributed by atoms with Gasteiger partial charge >= 0.3 is 0 Å². The van der Waals surface area contributed by atoms with Crippen molar-refractivity contribution in [1.82, 2.24) is 15.1 Å². The zero-order valence-corrected chi connectivity index (χ0v) is 14.0. The van der Waals surface area contributed by atoms with Gasteiger partial charge in [0.1, 0.15) is 0 Å². The van der Waals surface area contributed by atoms with Gasteiger partial charge in [-0.15, -0.1) is 0 Å². The lowest BCUT2D eigenvalue weighted by Gasteiger charge is -2.32. The summed E-state index contributed by atoms with van der Waals surface area (Å²) in [7, 11) is 3.62. The molecule has 0 bridgehead atoms. The van der Waals surface area contributed by atoms with Crippen LogP contribution in [0.5, 0.6) is 5.88 Å². The van der Waals surface area contributed by atoms with E-state index in [0.29, 0.717) is 11.8 Å². The second kappa shape index (κ2) is 7.27. The molecule has 0 amide bonds. The fraction of sp³-hybridized carbons (Fsp3) is 0.812. The van der Waals surface area contributed by atoms with Gasteiger partial charge < -0.3 is 14.8 Å². The number of aryl methyl sites for hydroxylation is 2. The molecule has 1 N–H and O–H groups in total. The van der Waals surface area contributed by atoms with E-state index in [1.165, 1.54) is 6.42 Å². The Morgan fingerprint density at radius 1 is 1.48 bits per heavy atom. The first-order valence-electron chi connectivity index (χ1n) is 7.94. The molecule has 0 aromatic carbocycles. The molecule has 21 heavy (non-hydrogen) atoms. The third kappa shape index (κ3) is 3.77. The van der Waals surface area contributed by atoms with Crippen molar-refractivity contribution in [3.05, 3.63) is 11.3 Å². The highest BCUT2D eigenvalue weighted by molar-refractivity contribution is 5.34. The van der Waals surface area contributed by atoms with Crippen LogP contribution in [0.1, 0.15) is 44.1 Å². The summed E-state index contributed by atoms with van der Waals surface area (Å²) in [6.07, 6.45) is 2.40. The van der Waals surface area contributed by atoms with Crippen LogP contribution < -0.4 is 10.1 Å². The topological polar surface area (TPSA) is 48.3 Å². The predicted molar refractivity (Wildman–Crippen MR) is 83.6 cm³/mol. The second-order valence-corrected chi connectivity index (χ2v) is 6.38. The summed E-state index contributed by atoms with van der Waals surface area (Å²) < 4.78 is 13.4. The first-order valence-corrected chi connectivity index (χ1v) is 7.94. The third-order valence-electron chi connectivity index (χ3n) is 4.10. The first kappa shape index (κ1) is 16.3. The smallest absolute Gasteiger partial charge is 0.217 e. The number of hydrogen-bond donors (Lipinski definition) is 1. The maximum absolute atomic E-state index is 6.10. The Balaban J connectivity index is 2.15. The van der Waals surface area contributed by atoms with E-state index in [0.717, 1.165) is 43.3 Å². The number of ether oxygens (including phenoxy) is 2. The Labute approximate surface area is 128 Å². The van der Waals surface area contributed by atoms with E-state index in [-0.39, 0.29) is 6.10 Å². The standard InChI is InChI=1S/C16H29N3O2/c1-11(2)9-17-10-13-7-6-8-21-15(13)14-12(3)18-19(4)16(14)20-5/h11,13,15,17H,6-10H2,1-5H3. The lowest BCUT2D eigenvalue weighted by Crippen LogP contribution is -2.33. The van der Waals surface area contributed by atoms with Gasteiger partial charge in [0.15, 0.2) is 0 Å². The average Bonchev–Trinajstić information content (AvgIpc) is 2.73. The molecule has 1 aromatic rings. The molecule has 120 valence electrons. The number of methoxy groups -OCH3 is 1. The quantitative estimate of drug-likeness (QED) is 0.876. The van der Waals surface area contributed by atoms with Crippen LogP contribution in [0.25, 0.3) is 0 Å². The summed E-state index contributed by atoms with van der Waals surface area (Å²) in [5.74, 6) is 1.98. The van der Waals surface area contributed by atoms with Crippen LogP contribution >= 0.6 is 0 Å². The molecular formula is C16H29N3O2. The van der Waals surface area contributed by atoms with E-state index in [1.807, 2.05) is 14.0 Å². The molecule has 1 aliphatic rings. The molecule has 5 nitrogen and oxygen atoms in total. The van der Waals surface area contributed by atoms with Gasteiger partial charge in [0.2, 0.25) is 5.88 Å². The molecule has 1 fully saturated rings. The Kier molecular flexibility index (Phi) is 5.65. The van der Waals surface area contributed by atoms with Crippen molar-refractivity contribution >= 4 is 0 Å². The van der Waals surface area contributed by atoms with Crippen molar-refractivity contribution in [2.45, 2.75) is 39.7 Å². The van der Waals surface area contributed by atoms with Crippen molar-refractivity contribution in [2.75, 3.05) is 26.8 Å². The minimum atomic E-state index is 0.0852. The van der Waals surface area contributed by atoms with Gasteiger partial charge in [0.05, 0.1) is 24.5 Å². The zero-order valence-electron chi connectivity index (χ0n) is 14.0. The van der Waals surface area contributed by atoms with Gasteiger partial charge in [-0.25, -0.2) is 4.68 Å². The molecular weight excluding hydrogens is 266 g/mol. The molecule has 1 aromatic heterocycles. The van der Waals surface area contributed by atoms with Crippen molar-refractivity contribution in [3.63, 3.8) is 0 Å². The van der Waals surface area contributed by atoms with E-state index in [2.05, 4.69) is 24.3 Å². The summed E-state index contributed by atoms with van der Waals surface area (Å²) in [6, 6.07) is 0. The van der Waals surface area contributed by atoms with Crippen LogP contribution in [0.2, 0.25) is 0 Å². The number of rotatable bonds is 6. The Morgan fingerprint density at radius 2 is 2.24 bits per heavy atom. The number of nitrogens with one attached hydrogen (secondary N) is 1. The van der Waals surface area contributed by atoms with E-state index < -0.39 is 0 Å². The third-order valence-corrected chi connectivity index (χ3v) is 4.10. The Hall–Kier alpha value is -1.07. The molecule has 2 atom stereocenters. The second-order valence-electron chi connectivity index (χ2n) is 6.38. The van der Waals surface area contributed by atoms with Crippen LogP contribution in [0, 0.1) is 18.8 Å². The monoisotopic (exact) mass is 295 g/mol. The van der Waals surface area contributed by atoms with Crippen molar-refractivity contribution < 1.29 is 9.47 Å². The predicted octanol–water partition coefficient (Wildman–Crippen LogP) is 2.45. The van der Waals surface area contributed by atoms with Crippen LogP contribution in [0.4, 0.5) is 0 Å². The summed E-state index contributed by atoms with van der Waals surface area (Å²) in [5.41, 5.74) is 2.13. The minimum absolute atomic E-state index is 0.0852. The maximum atomic E-state index is 6.10. The van der Waals surface area contributed by atoms with Gasteiger partial charge in [-0.1, -0.05) is 13.8 Å². The van der Waals surface area contributed by atoms with E-state index in [1.54, 1.807) is 11.8 Å². The molecule has 2 rings (SSSR count). The maximum Gasteiger partial charge on any atom is 0.217 e. The summed E-state index contributed by atoms with van der Waals surface area (Å²) in [4.78, 5) is 0. The van der Waals surface area contributed by atoms with E-state index >= 15 is 0 Å².